The number of nitrogens with zero attached hydrogens (tertiary/aromatic N) is 1. The van der Waals surface area contributed by atoms with Crippen molar-refractivity contribution >= 4 is 0 Å². The van der Waals surface area contributed by atoms with Gasteiger partial charge in [0.15, 0.2) is 0 Å². The summed E-state index contributed by atoms with van der Waals surface area (Å²) in [5.41, 5.74) is 0. The summed E-state index contributed by atoms with van der Waals surface area (Å²) in [6, 6.07) is 0. The maximum atomic E-state index is 3.73. The standard InChI is InChI=1S/C24H50N2/c1-3-5-7-9-11-13-15-17-22-26(24-20-19-21-25-24)23-18-16-14-12-10-8-6-4-2/h24-25H,3-23H2,1-2H3/t24-/m1/s1. The van der Waals surface area contributed by atoms with Crippen LogP contribution in [-0.4, -0.2) is 30.7 Å². The van der Waals surface area contributed by atoms with Gasteiger partial charge in [0.2, 0.25) is 0 Å². The van der Waals surface area contributed by atoms with Gasteiger partial charge in [-0.3, -0.25) is 4.90 Å². The summed E-state index contributed by atoms with van der Waals surface area (Å²) in [4.78, 5) is 2.78. The molecule has 0 aromatic rings. The third-order valence-electron chi connectivity index (χ3n) is 6.07. The molecule has 0 bridgehead atoms. The lowest BCUT2D eigenvalue weighted by molar-refractivity contribution is 0.173. The fourth-order valence-electron chi connectivity index (χ4n) is 4.30. The van der Waals surface area contributed by atoms with E-state index >= 15 is 0 Å². The van der Waals surface area contributed by atoms with Crippen molar-refractivity contribution in [2.75, 3.05) is 19.6 Å². The first-order chi connectivity index (χ1) is 12.9. The van der Waals surface area contributed by atoms with Crippen molar-refractivity contribution in [2.24, 2.45) is 0 Å². The predicted molar refractivity (Wildman–Crippen MR) is 118 cm³/mol. The Kier molecular flexibility index (Phi) is 16.9. The normalized spacial score (nSPS) is 17.4. The monoisotopic (exact) mass is 366 g/mol. The highest BCUT2D eigenvalue weighted by Crippen LogP contribution is 2.15. The molecule has 2 nitrogen and oxygen atoms in total. The lowest BCUT2D eigenvalue weighted by Crippen LogP contribution is -2.42. The molecule has 1 N–H and O–H groups in total. The molecule has 1 atom stereocenters. The van der Waals surface area contributed by atoms with E-state index in [0.717, 1.165) is 0 Å². The van der Waals surface area contributed by atoms with Gasteiger partial charge >= 0.3 is 0 Å². The maximum absolute atomic E-state index is 3.73. The van der Waals surface area contributed by atoms with E-state index in [9.17, 15) is 0 Å². The minimum Gasteiger partial charge on any atom is -0.302 e. The quantitative estimate of drug-likeness (QED) is 0.242. The van der Waals surface area contributed by atoms with E-state index in [1.54, 1.807) is 0 Å². The summed E-state index contributed by atoms with van der Waals surface area (Å²) in [6.07, 6.45) is 26.3. The van der Waals surface area contributed by atoms with Gasteiger partial charge in [-0.05, 0) is 45.3 Å². The molecule has 0 amide bonds. The molecule has 1 rings (SSSR count). The minimum atomic E-state index is 0.684. The Hall–Kier alpha value is -0.0800. The SMILES string of the molecule is CCCCCCCCCCN(CCCCCCCCCC)[C@@H]1CCCN1. The van der Waals surface area contributed by atoms with Crippen LogP contribution in [-0.2, 0) is 0 Å². The zero-order chi connectivity index (χ0) is 18.7. The summed E-state index contributed by atoms with van der Waals surface area (Å²) < 4.78 is 0. The molecule has 26 heavy (non-hydrogen) atoms. The van der Waals surface area contributed by atoms with Gasteiger partial charge in [-0.1, -0.05) is 104 Å². The van der Waals surface area contributed by atoms with Crippen molar-refractivity contribution in [3.05, 3.63) is 0 Å². The van der Waals surface area contributed by atoms with Crippen LogP contribution in [0.25, 0.3) is 0 Å². The number of nitrogens with one attached hydrogen (secondary N) is 1. The fraction of sp³-hybridized carbons (Fsp3) is 1.00. The van der Waals surface area contributed by atoms with E-state index in [1.165, 1.54) is 135 Å². The van der Waals surface area contributed by atoms with Crippen LogP contribution in [0.3, 0.4) is 0 Å². The highest BCUT2D eigenvalue weighted by atomic mass is 15.3. The third-order valence-corrected chi connectivity index (χ3v) is 6.07. The minimum absolute atomic E-state index is 0.684. The van der Waals surface area contributed by atoms with Crippen molar-refractivity contribution < 1.29 is 0 Å². The number of hydrogen-bond acceptors (Lipinski definition) is 2. The molecule has 0 aliphatic carbocycles. The first-order valence-electron chi connectivity index (χ1n) is 12.4. The van der Waals surface area contributed by atoms with Crippen LogP contribution >= 0.6 is 0 Å². The van der Waals surface area contributed by atoms with E-state index in [4.69, 9.17) is 0 Å². The second-order valence-electron chi connectivity index (χ2n) is 8.60. The van der Waals surface area contributed by atoms with Crippen LogP contribution in [0.15, 0.2) is 0 Å². The van der Waals surface area contributed by atoms with Gasteiger partial charge in [0, 0.05) is 0 Å². The van der Waals surface area contributed by atoms with Crippen LogP contribution in [0.5, 0.6) is 0 Å². The van der Waals surface area contributed by atoms with Crippen LogP contribution in [0, 0.1) is 0 Å². The first kappa shape index (κ1) is 24.0. The van der Waals surface area contributed by atoms with Crippen LogP contribution in [0.4, 0.5) is 0 Å². The molecule has 2 heteroatoms. The molecule has 156 valence electrons. The Balaban J connectivity index is 2.04. The van der Waals surface area contributed by atoms with Crippen molar-refractivity contribution in [3.8, 4) is 0 Å². The average molecular weight is 367 g/mol. The van der Waals surface area contributed by atoms with Crippen LogP contribution < -0.4 is 5.32 Å². The summed E-state index contributed by atoms with van der Waals surface area (Å²) in [5, 5.41) is 3.73. The number of rotatable bonds is 19. The summed E-state index contributed by atoms with van der Waals surface area (Å²) >= 11 is 0. The molecular formula is C24H50N2. The van der Waals surface area contributed by atoms with Gasteiger partial charge in [-0.2, -0.15) is 0 Å². The molecule has 0 radical (unpaired) electrons. The van der Waals surface area contributed by atoms with Crippen LogP contribution in [0.2, 0.25) is 0 Å². The molecule has 1 fully saturated rings. The molecule has 1 aliphatic heterocycles. The van der Waals surface area contributed by atoms with Crippen molar-refractivity contribution in [1.82, 2.24) is 10.2 Å². The molecular weight excluding hydrogens is 316 g/mol. The lowest BCUT2D eigenvalue weighted by atomic mass is 10.1. The Morgan fingerprint density at radius 2 is 1.04 bits per heavy atom. The van der Waals surface area contributed by atoms with Gasteiger partial charge in [-0.25, -0.2) is 0 Å². The second kappa shape index (κ2) is 18.3. The molecule has 1 saturated heterocycles. The summed E-state index contributed by atoms with van der Waals surface area (Å²) in [6.45, 7) is 8.48. The highest BCUT2D eigenvalue weighted by Gasteiger charge is 2.20. The highest BCUT2D eigenvalue weighted by molar-refractivity contribution is 4.76. The Morgan fingerprint density at radius 1 is 0.615 bits per heavy atom. The molecule has 0 aromatic carbocycles. The molecule has 0 aromatic heterocycles. The van der Waals surface area contributed by atoms with Crippen molar-refractivity contribution in [2.45, 2.75) is 136 Å². The van der Waals surface area contributed by atoms with Crippen molar-refractivity contribution in [1.29, 1.82) is 0 Å². The maximum Gasteiger partial charge on any atom is 0.0597 e. The second-order valence-corrected chi connectivity index (χ2v) is 8.60. The van der Waals surface area contributed by atoms with Gasteiger partial charge in [0.05, 0.1) is 6.17 Å². The number of hydrogen-bond donors (Lipinski definition) is 1. The fourth-order valence-corrected chi connectivity index (χ4v) is 4.30. The first-order valence-corrected chi connectivity index (χ1v) is 12.4. The Labute approximate surface area is 165 Å². The van der Waals surface area contributed by atoms with Gasteiger partial charge in [0.1, 0.15) is 0 Å². The van der Waals surface area contributed by atoms with Gasteiger partial charge in [-0.15, -0.1) is 0 Å². The zero-order valence-electron chi connectivity index (χ0n) is 18.4. The topological polar surface area (TPSA) is 15.3 Å². The molecule has 1 aliphatic rings. The van der Waals surface area contributed by atoms with E-state index < -0.39 is 0 Å². The number of unbranched alkanes of at least 4 members (excludes halogenated alkanes) is 14. The lowest BCUT2D eigenvalue weighted by Gasteiger charge is -2.29. The summed E-state index contributed by atoms with van der Waals surface area (Å²) in [7, 11) is 0. The zero-order valence-corrected chi connectivity index (χ0v) is 18.4. The average Bonchev–Trinajstić information content (AvgIpc) is 3.19. The molecule has 1 heterocycles. The Morgan fingerprint density at radius 3 is 1.42 bits per heavy atom. The predicted octanol–water partition coefficient (Wildman–Crippen LogP) is 7.28. The van der Waals surface area contributed by atoms with Gasteiger partial charge in [0.25, 0.3) is 0 Å². The van der Waals surface area contributed by atoms with Gasteiger partial charge < -0.3 is 5.32 Å². The van der Waals surface area contributed by atoms with E-state index in [2.05, 4.69) is 24.1 Å². The smallest absolute Gasteiger partial charge is 0.0597 e. The third kappa shape index (κ3) is 13.1. The van der Waals surface area contributed by atoms with Crippen molar-refractivity contribution in [3.63, 3.8) is 0 Å². The van der Waals surface area contributed by atoms with Crippen LogP contribution in [0.1, 0.15) is 129 Å². The van der Waals surface area contributed by atoms with E-state index in [1.807, 2.05) is 0 Å². The van der Waals surface area contributed by atoms with E-state index in [0.29, 0.717) is 6.17 Å². The molecule has 0 unspecified atom stereocenters. The largest absolute Gasteiger partial charge is 0.302 e. The van der Waals surface area contributed by atoms with E-state index in [-0.39, 0.29) is 0 Å². The summed E-state index contributed by atoms with van der Waals surface area (Å²) in [5.74, 6) is 0. The molecule has 0 saturated carbocycles. The Bertz CT molecular complexity index is 253. The molecule has 0 spiro atoms.